The van der Waals surface area contributed by atoms with Gasteiger partial charge < -0.3 is 42.7 Å². The number of thioether (sulfide) groups is 1. The van der Waals surface area contributed by atoms with Crippen LogP contribution in [0.2, 0.25) is 0 Å². The number of unbranched alkanes of at least 4 members (excludes halogenated alkanes) is 1. The second-order valence-corrected chi connectivity index (χ2v) is 8.78. The van der Waals surface area contributed by atoms with Crippen LogP contribution in [0.1, 0.15) is 45.4 Å². The molecule has 0 aliphatic carbocycles. The molecule has 5 unspecified atom stereocenters. The fourth-order valence-electron chi connectivity index (χ4n) is 2.86. The van der Waals surface area contributed by atoms with Gasteiger partial charge in [0, 0.05) is 6.42 Å². The number of aliphatic carboxylic acids is 2. The zero-order valence-electron chi connectivity index (χ0n) is 19.5. The minimum Gasteiger partial charge on any atom is -0.481 e. The molecule has 0 heterocycles. The number of amides is 3. The Hall–Kier alpha value is -2.42. The maximum Gasteiger partial charge on any atom is 0.326 e. The number of carbonyl (C=O) groups is 5. The summed E-state index contributed by atoms with van der Waals surface area (Å²) in [4.78, 5) is 59.9. The molecule has 0 saturated heterocycles. The lowest BCUT2D eigenvalue weighted by Crippen LogP contribution is -2.59. The Morgan fingerprint density at radius 1 is 0.882 bits per heavy atom. The predicted molar refractivity (Wildman–Crippen MR) is 126 cm³/mol. The molecule has 13 nitrogen and oxygen atoms in total. The Bertz CT molecular complexity index is 694. The van der Waals surface area contributed by atoms with E-state index in [1.807, 2.05) is 0 Å². The van der Waals surface area contributed by atoms with Crippen molar-refractivity contribution in [2.75, 3.05) is 18.6 Å². The molecule has 34 heavy (non-hydrogen) atoms. The zero-order chi connectivity index (χ0) is 26.3. The van der Waals surface area contributed by atoms with Crippen molar-refractivity contribution >= 4 is 41.4 Å². The maximum atomic E-state index is 12.8. The number of nitrogens with one attached hydrogen (secondary N) is 3. The van der Waals surface area contributed by atoms with Crippen LogP contribution in [-0.4, -0.2) is 93.8 Å². The number of carboxylic acid groups (broad SMARTS) is 2. The summed E-state index contributed by atoms with van der Waals surface area (Å²) in [6.07, 6.45) is 1.34. The number of carbonyl (C=O) groups excluding carboxylic acids is 3. The molecule has 0 radical (unpaired) electrons. The van der Waals surface area contributed by atoms with Gasteiger partial charge in [-0.2, -0.15) is 11.8 Å². The van der Waals surface area contributed by atoms with Crippen LogP contribution in [0.15, 0.2) is 0 Å². The molecule has 0 aliphatic heterocycles. The summed E-state index contributed by atoms with van der Waals surface area (Å²) in [5.41, 5.74) is 11.1. The highest BCUT2D eigenvalue weighted by Crippen LogP contribution is 2.06. The third kappa shape index (κ3) is 12.7. The average molecular weight is 508 g/mol. The first kappa shape index (κ1) is 31.6. The minimum atomic E-state index is -1.47. The Morgan fingerprint density at radius 2 is 1.50 bits per heavy atom. The van der Waals surface area contributed by atoms with Gasteiger partial charge in [-0.05, 0) is 57.6 Å². The number of rotatable bonds is 18. The van der Waals surface area contributed by atoms with E-state index in [2.05, 4.69) is 16.0 Å². The van der Waals surface area contributed by atoms with Crippen LogP contribution in [0.4, 0.5) is 0 Å². The Labute approximate surface area is 202 Å². The topological polar surface area (TPSA) is 234 Å². The van der Waals surface area contributed by atoms with E-state index in [1.54, 1.807) is 6.26 Å². The van der Waals surface area contributed by atoms with Gasteiger partial charge in [-0.3, -0.25) is 19.2 Å². The molecule has 5 atom stereocenters. The first-order chi connectivity index (χ1) is 15.9. The van der Waals surface area contributed by atoms with Gasteiger partial charge in [0.25, 0.3) is 0 Å². The molecule has 14 heteroatoms. The van der Waals surface area contributed by atoms with Gasteiger partial charge in [0.05, 0.1) is 12.1 Å². The van der Waals surface area contributed by atoms with E-state index < -0.39 is 59.9 Å². The molecule has 0 aliphatic rings. The van der Waals surface area contributed by atoms with Crippen LogP contribution < -0.4 is 27.4 Å². The lowest BCUT2D eigenvalue weighted by molar-refractivity contribution is -0.142. The van der Waals surface area contributed by atoms with E-state index in [1.165, 1.54) is 18.7 Å². The van der Waals surface area contributed by atoms with E-state index in [9.17, 15) is 34.2 Å². The summed E-state index contributed by atoms with van der Waals surface area (Å²) in [6.45, 7) is 1.64. The smallest absolute Gasteiger partial charge is 0.326 e. The second-order valence-electron chi connectivity index (χ2n) is 7.79. The van der Waals surface area contributed by atoms with Crippen molar-refractivity contribution in [1.82, 2.24) is 16.0 Å². The fraction of sp³-hybridized carbons (Fsp3) is 0.750. The summed E-state index contributed by atoms with van der Waals surface area (Å²) < 4.78 is 0. The van der Waals surface area contributed by atoms with Gasteiger partial charge >= 0.3 is 11.9 Å². The molecular weight excluding hydrogens is 470 g/mol. The molecule has 3 amide bonds. The van der Waals surface area contributed by atoms with Crippen molar-refractivity contribution in [3.63, 3.8) is 0 Å². The minimum absolute atomic E-state index is 0.169. The lowest BCUT2D eigenvalue weighted by Gasteiger charge is -2.26. The molecule has 0 spiro atoms. The summed E-state index contributed by atoms with van der Waals surface area (Å²) in [5, 5.41) is 35.2. The molecule has 0 rings (SSSR count). The predicted octanol–water partition coefficient (Wildman–Crippen LogP) is -2.02. The van der Waals surface area contributed by atoms with Crippen LogP contribution in [-0.2, 0) is 24.0 Å². The Kier molecular flexibility index (Phi) is 15.9. The molecule has 196 valence electrons. The normalized spacial score (nSPS) is 15.3. The molecule has 0 bridgehead atoms. The Morgan fingerprint density at radius 3 is 2.00 bits per heavy atom. The number of aliphatic hydroxyl groups excluding tert-OH is 1. The van der Waals surface area contributed by atoms with E-state index in [0.29, 0.717) is 25.1 Å². The van der Waals surface area contributed by atoms with E-state index in [4.69, 9.17) is 16.6 Å². The number of hydrogen-bond donors (Lipinski definition) is 8. The molecule has 0 fully saturated rings. The van der Waals surface area contributed by atoms with Crippen LogP contribution in [0.5, 0.6) is 0 Å². The summed E-state index contributed by atoms with van der Waals surface area (Å²) in [7, 11) is 0. The quantitative estimate of drug-likeness (QED) is 0.0943. The highest BCUT2D eigenvalue weighted by molar-refractivity contribution is 7.98. The Balaban J connectivity index is 5.31. The molecule has 0 aromatic carbocycles. The lowest BCUT2D eigenvalue weighted by atomic mass is 10.1. The molecule has 0 aromatic heterocycles. The summed E-state index contributed by atoms with van der Waals surface area (Å²) in [5.74, 6) is -4.31. The van der Waals surface area contributed by atoms with Gasteiger partial charge in [-0.1, -0.05) is 0 Å². The largest absolute Gasteiger partial charge is 0.481 e. The van der Waals surface area contributed by atoms with Crippen LogP contribution in [0.3, 0.4) is 0 Å². The van der Waals surface area contributed by atoms with Gasteiger partial charge in [-0.25, -0.2) is 4.79 Å². The molecule has 0 aromatic rings. The average Bonchev–Trinajstić information content (AvgIpc) is 2.76. The zero-order valence-corrected chi connectivity index (χ0v) is 20.3. The van der Waals surface area contributed by atoms with E-state index >= 15 is 0 Å². The highest BCUT2D eigenvalue weighted by Gasteiger charge is 2.32. The van der Waals surface area contributed by atoms with Crippen molar-refractivity contribution in [1.29, 1.82) is 0 Å². The van der Waals surface area contributed by atoms with Crippen LogP contribution in [0, 0.1) is 0 Å². The molecule has 10 N–H and O–H groups in total. The number of aliphatic hydroxyl groups is 1. The molecular formula is C20H37N5O8S. The third-order valence-corrected chi connectivity index (χ3v) is 5.52. The van der Waals surface area contributed by atoms with Gasteiger partial charge in [0.2, 0.25) is 17.7 Å². The van der Waals surface area contributed by atoms with Gasteiger partial charge in [-0.15, -0.1) is 0 Å². The molecule has 0 saturated carbocycles. The van der Waals surface area contributed by atoms with Crippen molar-refractivity contribution < 1.29 is 39.3 Å². The van der Waals surface area contributed by atoms with Crippen molar-refractivity contribution in [2.45, 2.75) is 75.7 Å². The number of nitrogens with two attached hydrogens (primary N) is 2. The number of carboxylic acids is 2. The van der Waals surface area contributed by atoms with Gasteiger partial charge in [0.1, 0.15) is 18.1 Å². The first-order valence-electron chi connectivity index (χ1n) is 10.9. The van der Waals surface area contributed by atoms with E-state index in [0.717, 1.165) is 0 Å². The van der Waals surface area contributed by atoms with Crippen molar-refractivity contribution in [2.24, 2.45) is 11.5 Å². The van der Waals surface area contributed by atoms with Crippen LogP contribution in [0.25, 0.3) is 0 Å². The second kappa shape index (κ2) is 17.1. The third-order valence-electron chi connectivity index (χ3n) is 4.87. The summed E-state index contributed by atoms with van der Waals surface area (Å²) in [6, 6.07) is -4.96. The summed E-state index contributed by atoms with van der Waals surface area (Å²) >= 11 is 1.41. The SMILES string of the molecule is CSCCC(NC(=O)C(NC(=O)C(N)CCC(=O)O)C(C)O)C(=O)NC(CCCCN)C(=O)O. The van der Waals surface area contributed by atoms with Crippen molar-refractivity contribution in [3.8, 4) is 0 Å². The first-order valence-corrected chi connectivity index (χ1v) is 12.3. The standard InChI is InChI=1S/C20H37N5O8S/c1-11(26)16(25-17(29)12(22)6-7-15(27)28)19(31)23-13(8-10-34-2)18(30)24-14(20(32)33)5-3-4-9-21/h11-14,16,26H,3-10,21-22H2,1-2H3,(H,23,31)(H,24,30)(H,25,29)(H,27,28)(H,32,33). The number of hydrogen-bond acceptors (Lipinski definition) is 9. The monoisotopic (exact) mass is 507 g/mol. The fourth-order valence-corrected chi connectivity index (χ4v) is 3.34. The maximum absolute atomic E-state index is 12.8. The van der Waals surface area contributed by atoms with Crippen molar-refractivity contribution in [3.05, 3.63) is 0 Å². The van der Waals surface area contributed by atoms with E-state index in [-0.39, 0.29) is 25.7 Å². The van der Waals surface area contributed by atoms with Gasteiger partial charge in [0.15, 0.2) is 0 Å². The van der Waals surface area contributed by atoms with Crippen LogP contribution >= 0.6 is 11.8 Å². The highest BCUT2D eigenvalue weighted by atomic mass is 32.2.